The van der Waals surface area contributed by atoms with Gasteiger partial charge < -0.3 is 10.1 Å². The van der Waals surface area contributed by atoms with Crippen molar-refractivity contribution in [3.8, 4) is 0 Å². The third-order valence-corrected chi connectivity index (χ3v) is 5.31. The molecule has 1 amide bonds. The van der Waals surface area contributed by atoms with Crippen molar-refractivity contribution in [1.29, 1.82) is 0 Å². The second-order valence-electron chi connectivity index (χ2n) is 6.55. The van der Waals surface area contributed by atoms with E-state index >= 15 is 0 Å². The second kappa shape index (κ2) is 8.63. The molecule has 1 saturated heterocycles. The summed E-state index contributed by atoms with van der Waals surface area (Å²) in [5.41, 5.74) is 0. The van der Waals surface area contributed by atoms with E-state index in [1.165, 1.54) is 11.4 Å². The molecule has 23 heavy (non-hydrogen) atoms. The summed E-state index contributed by atoms with van der Waals surface area (Å²) in [5, 5.41) is 2.78. The largest absolute Gasteiger partial charge is 0.469 e. The van der Waals surface area contributed by atoms with Gasteiger partial charge in [0.1, 0.15) is 0 Å². The van der Waals surface area contributed by atoms with E-state index in [9.17, 15) is 18.0 Å². The highest BCUT2D eigenvalue weighted by Crippen LogP contribution is 2.19. The fourth-order valence-corrected chi connectivity index (χ4v) is 3.74. The van der Waals surface area contributed by atoms with Crippen LogP contribution in [0.3, 0.4) is 0 Å². The van der Waals surface area contributed by atoms with Crippen LogP contribution in [-0.4, -0.2) is 57.6 Å². The maximum atomic E-state index is 12.3. The zero-order valence-electron chi connectivity index (χ0n) is 14.4. The summed E-state index contributed by atoms with van der Waals surface area (Å²) >= 11 is 0. The van der Waals surface area contributed by atoms with Gasteiger partial charge in [-0.05, 0) is 25.2 Å². The number of nitrogens with one attached hydrogen (secondary N) is 1. The topological polar surface area (TPSA) is 92.8 Å². The molecule has 1 fully saturated rings. The lowest BCUT2D eigenvalue weighted by Crippen LogP contribution is -2.46. The molecule has 0 unspecified atom stereocenters. The van der Waals surface area contributed by atoms with Gasteiger partial charge in [-0.25, -0.2) is 12.7 Å². The molecule has 0 bridgehead atoms. The standard InChI is InChI=1S/C15H28N2O5S/c1-11(2)8-13(15(19)22-3)9-16-14(18)12-6-5-7-17(10-12)23(4,20)21/h11-13H,5-10H2,1-4H3,(H,16,18)/t12-,13-/m0/s1. The van der Waals surface area contributed by atoms with Gasteiger partial charge in [-0.1, -0.05) is 13.8 Å². The minimum absolute atomic E-state index is 0.198. The number of amides is 1. The summed E-state index contributed by atoms with van der Waals surface area (Å²) in [6.07, 6.45) is 3.11. The van der Waals surface area contributed by atoms with Gasteiger partial charge in [-0.2, -0.15) is 0 Å². The Bertz CT molecular complexity index is 518. The summed E-state index contributed by atoms with van der Waals surface area (Å²) in [7, 11) is -1.94. The first-order chi connectivity index (χ1) is 10.6. The number of esters is 1. The van der Waals surface area contributed by atoms with Crippen molar-refractivity contribution < 1.29 is 22.7 Å². The number of hydrogen-bond donors (Lipinski definition) is 1. The van der Waals surface area contributed by atoms with Crippen molar-refractivity contribution in [2.24, 2.45) is 17.8 Å². The molecule has 134 valence electrons. The van der Waals surface area contributed by atoms with E-state index in [0.717, 1.165) is 6.26 Å². The number of hydrogen-bond acceptors (Lipinski definition) is 5. The molecular weight excluding hydrogens is 320 g/mol. The average Bonchev–Trinajstić information content (AvgIpc) is 2.49. The predicted molar refractivity (Wildman–Crippen MR) is 87.1 cm³/mol. The molecular formula is C15H28N2O5S. The number of methoxy groups -OCH3 is 1. The van der Waals surface area contributed by atoms with Crippen molar-refractivity contribution in [2.75, 3.05) is 33.0 Å². The van der Waals surface area contributed by atoms with Crippen LogP contribution >= 0.6 is 0 Å². The lowest BCUT2D eigenvalue weighted by atomic mass is 9.95. The second-order valence-corrected chi connectivity index (χ2v) is 8.54. The molecule has 2 atom stereocenters. The minimum atomic E-state index is -3.28. The van der Waals surface area contributed by atoms with Crippen molar-refractivity contribution in [3.63, 3.8) is 0 Å². The summed E-state index contributed by atoms with van der Waals surface area (Å²) in [4.78, 5) is 24.0. The zero-order valence-corrected chi connectivity index (χ0v) is 15.2. The van der Waals surface area contributed by atoms with Crippen LogP contribution in [0.2, 0.25) is 0 Å². The Morgan fingerprint density at radius 3 is 2.52 bits per heavy atom. The Balaban J connectivity index is 2.58. The average molecular weight is 348 g/mol. The third-order valence-electron chi connectivity index (χ3n) is 4.04. The summed E-state index contributed by atoms with van der Waals surface area (Å²) in [6.45, 7) is 4.89. The van der Waals surface area contributed by atoms with Gasteiger partial charge in [0.2, 0.25) is 15.9 Å². The highest BCUT2D eigenvalue weighted by molar-refractivity contribution is 7.88. The molecule has 7 nitrogen and oxygen atoms in total. The minimum Gasteiger partial charge on any atom is -0.469 e. The summed E-state index contributed by atoms with van der Waals surface area (Å²) in [5.74, 6) is -0.961. The first kappa shape index (κ1) is 19.9. The molecule has 1 N–H and O–H groups in total. The van der Waals surface area contributed by atoms with Crippen molar-refractivity contribution in [1.82, 2.24) is 9.62 Å². The van der Waals surface area contributed by atoms with E-state index in [-0.39, 0.29) is 36.8 Å². The number of carbonyl (C=O) groups excluding carboxylic acids is 2. The SMILES string of the molecule is COC(=O)[C@H](CNC(=O)[C@H]1CCCN(S(C)(=O)=O)C1)CC(C)C. The van der Waals surface area contributed by atoms with E-state index in [1.54, 1.807) is 0 Å². The summed E-state index contributed by atoms with van der Waals surface area (Å²) in [6, 6.07) is 0. The normalized spacial score (nSPS) is 21.0. The highest BCUT2D eigenvalue weighted by Gasteiger charge is 2.31. The number of rotatable bonds is 7. The third kappa shape index (κ3) is 6.47. The van der Waals surface area contributed by atoms with Crippen LogP contribution in [-0.2, 0) is 24.3 Å². The maximum Gasteiger partial charge on any atom is 0.310 e. The molecule has 0 aromatic carbocycles. The quantitative estimate of drug-likeness (QED) is 0.681. The van der Waals surface area contributed by atoms with Crippen LogP contribution < -0.4 is 5.32 Å². The summed E-state index contributed by atoms with van der Waals surface area (Å²) < 4.78 is 29.3. The van der Waals surface area contributed by atoms with Crippen LogP contribution in [0.5, 0.6) is 0 Å². The molecule has 0 aliphatic carbocycles. The Labute approximate surface area is 138 Å². The first-order valence-electron chi connectivity index (χ1n) is 7.95. The van der Waals surface area contributed by atoms with Crippen LogP contribution in [0, 0.1) is 17.8 Å². The van der Waals surface area contributed by atoms with Gasteiger partial charge in [0, 0.05) is 19.6 Å². The van der Waals surface area contributed by atoms with Crippen molar-refractivity contribution in [3.05, 3.63) is 0 Å². The van der Waals surface area contributed by atoms with Crippen molar-refractivity contribution >= 4 is 21.9 Å². The molecule has 1 aliphatic heterocycles. The lowest BCUT2D eigenvalue weighted by Gasteiger charge is -2.30. The number of sulfonamides is 1. The van der Waals surface area contributed by atoms with Gasteiger partial charge in [-0.3, -0.25) is 9.59 Å². The monoisotopic (exact) mass is 348 g/mol. The van der Waals surface area contributed by atoms with Crippen molar-refractivity contribution in [2.45, 2.75) is 33.1 Å². The molecule has 8 heteroatoms. The molecule has 1 heterocycles. The van der Waals surface area contributed by atoms with Gasteiger partial charge in [-0.15, -0.1) is 0 Å². The fourth-order valence-electron chi connectivity index (χ4n) is 2.82. The number of piperidine rings is 1. The molecule has 1 aliphatic rings. The first-order valence-corrected chi connectivity index (χ1v) is 9.80. The number of carbonyl (C=O) groups is 2. The Hall–Kier alpha value is -1.15. The van der Waals surface area contributed by atoms with E-state index in [0.29, 0.717) is 31.7 Å². The van der Waals surface area contributed by atoms with E-state index in [1.807, 2.05) is 13.8 Å². The van der Waals surface area contributed by atoms with Crippen LogP contribution in [0.1, 0.15) is 33.1 Å². The zero-order chi connectivity index (χ0) is 17.6. The Morgan fingerprint density at radius 1 is 1.35 bits per heavy atom. The molecule has 0 saturated carbocycles. The van der Waals surface area contributed by atoms with E-state index < -0.39 is 10.0 Å². The van der Waals surface area contributed by atoms with E-state index in [2.05, 4.69) is 5.32 Å². The molecule has 0 aromatic heterocycles. The molecule has 0 aromatic rings. The Kier molecular flexibility index (Phi) is 7.47. The number of ether oxygens (including phenoxy) is 1. The lowest BCUT2D eigenvalue weighted by molar-refractivity contribution is -0.146. The number of nitrogens with zero attached hydrogens (tertiary/aromatic N) is 1. The van der Waals surface area contributed by atoms with Crippen LogP contribution in [0.4, 0.5) is 0 Å². The smallest absolute Gasteiger partial charge is 0.310 e. The van der Waals surface area contributed by atoms with Gasteiger partial charge >= 0.3 is 5.97 Å². The maximum absolute atomic E-state index is 12.3. The van der Waals surface area contributed by atoms with Crippen LogP contribution in [0.25, 0.3) is 0 Å². The molecule has 1 rings (SSSR count). The highest BCUT2D eigenvalue weighted by atomic mass is 32.2. The molecule has 0 spiro atoms. The van der Waals surface area contributed by atoms with Gasteiger partial charge in [0.05, 0.1) is 25.2 Å². The van der Waals surface area contributed by atoms with E-state index in [4.69, 9.17) is 4.74 Å². The van der Waals surface area contributed by atoms with Gasteiger partial charge in [0.25, 0.3) is 0 Å². The van der Waals surface area contributed by atoms with Crippen LogP contribution in [0.15, 0.2) is 0 Å². The fraction of sp³-hybridized carbons (Fsp3) is 0.867. The predicted octanol–water partition coefficient (Wildman–Crippen LogP) is 0.610. The van der Waals surface area contributed by atoms with Gasteiger partial charge in [0.15, 0.2) is 0 Å². The molecule has 0 radical (unpaired) electrons. The Morgan fingerprint density at radius 2 is 2.00 bits per heavy atom.